The standard InChI is InChI=1S/C17H25N5O3/c1-11-8-12(2)22(19-11)9-13-6-5-7-20(13)14(23)10-21-15(24)17(3,4)18-16(21)25/h8,13H,5-7,9-10H2,1-4H3,(H,18,25)/t13-/m1/s1. The van der Waals surface area contributed by atoms with Crippen molar-refractivity contribution in [1.29, 1.82) is 0 Å². The summed E-state index contributed by atoms with van der Waals surface area (Å²) in [5.41, 5.74) is 1.06. The molecule has 4 amide bonds. The third-order valence-electron chi connectivity index (χ3n) is 4.92. The van der Waals surface area contributed by atoms with Crippen molar-refractivity contribution in [2.24, 2.45) is 0 Å². The molecule has 2 aliphatic heterocycles. The van der Waals surface area contributed by atoms with Crippen molar-refractivity contribution in [3.05, 3.63) is 17.5 Å². The van der Waals surface area contributed by atoms with Gasteiger partial charge >= 0.3 is 6.03 Å². The van der Waals surface area contributed by atoms with Crippen LogP contribution in [0.25, 0.3) is 0 Å². The lowest BCUT2D eigenvalue weighted by molar-refractivity contribution is -0.139. The third kappa shape index (κ3) is 3.25. The Morgan fingerprint density at radius 3 is 2.64 bits per heavy atom. The summed E-state index contributed by atoms with van der Waals surface area (Å²) in [6, 6.07) is 1.55. The Morgan fingerprint density at radius 2 is 2.08 bits per heavy atom. The molecule has 8 heteroatoms. The fourth-order valence-electron chi connectivity index (χ4n) is 3.60. The van der Waals surface area contributed by atoms with Gasteiger partial charge in [0.2, 0.25) is 5.91 Å². The summed E-state index contributed by atoms with van der Waals surface area (Å²) < 4.78 is 1.92. The largest absolute Gasteiger partial charge is 0.336 e. The van der Waals surface area contributed by atoms with Crippen LogP contribution in [-0.2, 0) is 16.1 Å². The molecule has 0 aromatic carbocycles. The van der Waals surface area contributed by atoms with Gasteiger partial charge in [-0.1, -0.05) is 0 Å². The molecule has 2 saturated heterocycles. The van der Waals surface area contributed by atoms with Gasteiger partial charge in [0.25, 0.3) is 5.91 Å². The number of hydrogen-bond donors (Lipinski definition) is 1. The molecular formula is C17H25N5O3. The summed E-state index contributed by atoms with van der Waals surface area (Å²) in [7, 11) is 0. The molecule has 0 radical (unpaired) electrons. The third-order valence-corrected chi connectivity index (χ3v) is 4.92. The molecule has 3 heterocycles. The second-order valence-corrected chi connectivity index (χ2v) is 7.44. The lowest BCUT2D eigenvalue weighted by Gasteiger charge is -2.26. The number of rotatable bonds is 4. The van der Waals surface area contributed by atoms with Gasteiger partial charge in [-0.2, -0.15) is 5.10 Å². The van der Waals surface area contributed by atoms with E-state index in [2.05, 4.69) is 10.4 Å². The number of carbonyl (C=O) groups excluding carboxylic acids is 3. The van der Waals surface area contributed by atoms with Crippen LogP contribution >= 0.6 is 0 Å². The first-order valence-electron chi connectivity index (χ1n) is 8.63. The van der Waals surface area contributed by atoms with Crippen LogP contribution in [0.2, 0.25) is 0 Å². The van der Waals surface area contributed by atoms with Gasteiger partial charge in [-0.3, -0.25) is 19.2 Å². The monoisotopic (exact) mass is 347 g/mol. The van der Waals surface area contributed by atoms with Crippen molar-refractivity contribution in [3.8, 4) is 0 Å². The van der Waals surface area contributed by atoms with E-state index in [-0.39, 0.29) is 24.4 Å². The summed E-state index contributed by atoms with van der Waals surface area (Å²) >= 11 is 0. The Labute approximate surface area is 147 Å². The molecule has 0 aliphatic carbocycles. The van der Waals surface area contributed by atoms with E-state index in [9.17, 15) is 14.4 Å². The molecule has 2 aliphatic rings. The summed E-state index contributed by atoms with van der Waals surface area (Å²) in [5.74, 6) is -0.551. The highest BCUT2D eigenvalue weighted by atomic mass is 16.2. The van der Waals surface area contributed by atoms with Crippen LogP contribution in [0.5, 0.6) is 0 Å². The van der Waals surface area contributed by atoms with Crippen LogP contribution in [0.1, 0.15) is 38.1 Å². The lowest BCUT2D eigenvalue weighted by Crippen LogP contribution is -2.46. The van der Waals surface area contributed by atoms with E-state index in [1.165, 1.54) is 0 Å². The number of carbonyl (C=O) groups is 3. The minimum atomic E-state index is -0.953. The number of aryl methyl sites for hydroxylation is 2. The molecule has 1 aromatic rings. The number of amides is 4. The summed E-state index contributed by atoms with van der Waals surface area (Å²) in [6.07, 6.45) is 1.82. The van der Waals surface area contributed by atoms with E-state index in [1.54, 1.807) is 18.7 Å². The predicted molar refractivity (Wildman–Crippen MR) is 90.8 cm³/mol. The molecule has 0 unspecified atom stereocenters. The van der Waals surface area contributed by atoms with Crippen molar-refractivity contribution < 1.29 is 14.4 Å². The predicted octanol–water partition coefficient (Wildman–Crippen LogP) is 0.821. The molecule has 0 spiro atoms. The van der Waals surface area contributed by atoms with E-state index < -0.39 is 11.6 Å². The number of nitrogens with one attached hydrogen (secondary N) is 1. The molecule has 1 atom stereocenters. The van der Waals surface area contributed by atoms with E-state index in [0.29, 0.717) is 13.1 Å². The maximum absolute atomic E-state index is 12.7. The van der Waals surface area contributed by atoms with Crippen LogP contribution in [0.3, 0.4) is 0 Å². The molecule has 0 bridgehead atoms. The molecule has 0 saturated carbocycles. The average Bonchev–Trinajstić information content (AvgIpc) is 3.14. The number of nitrogens with zero attached hydrogens (tertiary/aromatic N) is 4. The van der Waals surface area contributed by atoms with Crippen molar-refractivity contribution in [1.82, 2.24) is 24.9 Å². The molecule has 2 fully saturated rings. The van der Waals surface area contributed by atoms with Gasteiger partial charge in [-0.05, 0) is 46.6 Å². The molecule has 3 rings (SSSR count). The van der Waals surface area contributed by atoms with E-state index >= 15 is 0 Å². The first kappa shape index (κ1) is 17.4. The minimum Gasteiger partial charge on any atom is -0.336 e. The number of likely N-dealkylation sites (tertiary alicyclic amines) is 1. The van der Waals surface area contributed by atoms with Crippen LogP contribution in [0.15, 0.2) is 6.07 Å². The highest BCUT2D eigenvalue weighted by Crippen LogP contribution is 2.22. The molecule has 25 heavy (non-hydrogen) atoms. The Bertz CT molecular complexity index is 724. The smallest absolute Gasteiger partial charge is 0.325 e. The average molecular weight is 347 g/mol. The van der Waals surface area contributed by atoms with Crippen LogP contribution in [0, 0.1) is 13.8 Å². The van der Waals surface area contributed by atoms with Crippen molar-refractivity contribution >= 4 is 17.8 Å². The van der Waals surface area contributed by atoms with Gasteiger partial charge in [-0.15, -0.1) is 0 Å². The zero-order valence-corrected chi connectivity index (χ0v) is 15.2. The second-order valence-electron chi connectivity index (χ2n) is 7.44. The highest BCUT2D eigenvalue weighted by Gasteiger charge is 2.45. The Kier molecular flexibility index (Phi) is 4.30. The van der Waals surface area contributed by atoms with E-state index in [4.69, 9.17) is 0 Å². The van der Waals surface area contributed by atoms with Gasteiger partial charge in [0, 0.05) is 12.2 Å². The minimum absolute atomic E-state index is 0.0410. The van der Waals surface area contributed by atoms with Crippen LogP contribution in [0.4, 0.5) is 4.79 Å². The Hall–Kier alpha value is -2.38. The summed E-state index contributed by atoms with van der Waals surface area (Å²) in [5, 5.41) is 7.07. The zero-order valence-electron chi connectivity index (χ0n) is 15.2. The number of urea groups is 1. The Balaban J connectivity index is 1.68. The van der Waals surface area contributed by atoms with E-state index in [0.717, 1.165) is 29.1 Å². The number of hydrogen-bond acceptors (Lipinski definition) is 4. The van der Waals surface area contributed by atoms with Gasteiger partial charge in [0.1, 0.15) is 12.1 Å². The SMILES string of the molecule is Cc1cc(C)n(C[C@H]2CCCN2C(=O)CN2C(=O)NC(C)(C)C2=O)n1. The molecule has 1 aromatic heterocycles. The fraction of sp³-hybridized carbons (Fsp3) is 0.647. The normalized spacial score (nSPS) is 22.6. The van der Waals surface area contributed by atoms with Crippen molar-refractivity contribution in [2.75, 3.05) is 13.1 Å². The Morgan fingerprint density at radius 1 is 1.36 bits per heavy atom. The van der Waals surface area contributed by atoms with Crippen LogP contribution < -0.4 is 5.32 Å². The molecular weight excluding hydrogens is 322 g/mol. The highest BCUT2D eigenvalue weighted by molar-refractivity contribution is 6.08. The van der Waals surface area contributed by atoms with Gasteiger partial charge < -0.3 is 10.2 Å². The van der Waals surface area contributed by atoms with Gasteiger partial charge in [0.15, 0.2) is 0 Å². The molecule has 1 N–H and O–H groups in total. The van der Waals surface area contributed by atoms with Crippen LogP contribution in [-0.4, -0.2) is 62.1 Å². The van der Waals surface area contributed by atoms with Gasteiger partial charge in [-0.25, -0.2) is 4.79 Å². The van der Waals surface area contributed by atoms with Crippen molar-refractivity contribution in [3.63, 3.8) is 0 Å². The number of aromatic nitrogens is 2. The fourth-order valence-corrected chi connectivity index (χ4v) is 3.60. The molecule has 136 valence electrons. The second kappa shape index (κ2) is 6.16. The lowest BCUT2D eigenvalue weighted by atomic mass is 10.1. The maximum atomic E-state index is 12.7. The zero-order chi connectivity index (χ0) is 18.4. The first-order chi connectivity index (χ1) is 11.7. The van der Waals surface area contributed by atoms with Gasteiger partial charge in [0.05, 0.1) is 18.3 Å². The van der Waals surface area contributed by atoms with Crippen molar-refractivity contribution in [2.45, 2.75) is 58.7 Å². The first-order valence-corrected chi connectivity index (χ1v) is 8.63. The quantitative estimate of drug-likeness (QED) is 0.817. The summed E-state index contributed by atoms with van der Waals surface area (Å²) in [4.78, 5) is 39.8. The van der Waals surface area contributed by atoms with E-state index in [1.807, 2.05) is 24.6 Å². The number of imide groups is 1. The summed E-state index contributed by atoms with van der Waals surface area (Å²) in [6.45, 7) is 8.30. The topological polar surface area (TPSA) is 87.5 Å². The maximum Gasteiger partial charge on any atom is 0.325 e. The molecule has 8 nitrogen and oxygen atoms in total.